The van der Waals surface area contributed by atoms with E-state index in [-0.39, 0.29) is 12.1 Å². The van der Waals surface area contributed by atoms with Crippen molar-refractivity contribution in [3.05, 3.63) is 0 Å². The van der Waals surface area contributed by atoms with Crippen LogP contribution in [0.25, 0.3) is 0 Å². The molecule has 2 fully saturated rings. The van der Waals surface area contributed by atoms with E-state index in [0.29, 0.717) is 11.8 Å². The predicted molar refractivity (Wildman–Crippen MR) is 73.1 cm³/mol. The normalized spacial score (nSPS) is 32.1. The Morgan fingerprint density at radius 2 is 2.16 bits per heavy atom. The second-order valence-corrected chi connectivity index (χ2v) is 6.53. The average Bonchev–Trinajstić information content (AvgIpc) is 2.80. The largest absolute Gasteiger partial charge is 0.444 e. The molecule has 0 bridgehead atoms. The molecular weight excluding hydrogens is 244 g/mol. The van der Waals surface area contributed by atoms with Gasteiger partial charge in [-0.3, -0.25) is 0 Å². The summed E-state index contributed by atoms with van der Waals surface area (Å²) >= 11 is 0. The zero-order chi connectivity index (χ0) is 13.9. The van der Waals surface area contributed by atoms with Crippen molar-refractivity contribution in [2.75, 3.05) is 26.3 Å². The number of piperidine rings is 1. The van der Waals surface area contributed by atoms with Gasteiger partial charge in [-0.2, -0.15) is 0 Å². The minimum Gasteiger partial charge on any atom is -0.444 e. The van der Waals surface area contributed by atoms with Gasteiger partial charge >= 0.3 is 6.09 Å². The highest BCUT2D eigenvalue weighted by Crippen LogP contribution is 2.29. The van der Waals surface area contributed by atoms with Crippen molar-refractivity contribution in [3.8, 4) is 0 Å². The van der Waals surface area contributed by atoms with Crippen LogP contribution in [0.3, 0.4) is 0 Å². The number of alkyl carbamates (subject to hydrolysis) is 1. The molecule has 110 valence electrons. The molecule has 0 aliphatic carbocycles. The summed E-state index contributed by atoms with van der Waals surface area (Å²) in [4.78, 5) is 11.9. The number of hydrogen-bond donors (Lipinski definition) is 2. The number of amides is 1. The SMILES string of the molecule is CC(C)(C)OC(=O)NC1CNCCC1C1CCOC1. The molecule has 0 saturated carbocycles. The number of carbonyl (C=O) groups excluding carboxylic acids is 1. The Labute approximate surface area is 115 Å². The van der Waals surface area contributed by atoms with Crippen molar-refractivity contribution in [1.29, 1.82) is 0 Å². The summed E-state index contributed by atoms with van der Waals surface area (Å²) in [6.45, 7) is 9.18. The Morgan fingerprint density at radius 3 is 2.79 bits per heavy atom. The zero-order valence-electron chi connectivity index (χ0n) is 12.2. The molecule has 0 aromatic rings. The van der Waals surface area contributed by atoms with Crippen LogP contribution in [0, 0.1) is 11.8 Å². The zero-order valence-corrected chi connectivity index (χ0v) is 12.2. The molecule has 19 heavy (non-hydrogen) atoms. The second kappa shape index (κ2) is 6.09. The first kappa shape index (κ1) is 14.6. The molecule has 5 heteroatoms. The molecule has 3 unspecified atom stereocenters. The molecule has 0 radical (unpaired) electrons. The Bertz CT molecular complexity index is 308. The van der Waals surface area contributed by atoms with Crippen LogP contribution in [0.2, 0.25) is 0 Å². The molecule has 0 aromatic carbocycles. The Hall–Kier alpha value is -0.810. The van der Waals surface area contributed by atoms with Crippen LogP contribution in [-0.4, -0.2) is 44.0 Å². The number of nitrogens with one attached hydrogen (secondary N) is 2. The Kier molecular flexibility index (Phi) is 4.68. The second-order valence-electron chi connectivity index (χ2n) is 6.53. The summed E-state index contributed by atoms with van der Waals surface area (Å²) in [5.41, 5.74) is -0.446. The fourth-order valence-electron chi connectivity index (χ4n) is 2.95. The van der Waals surface area contributed by atoms with Crippen LogP contribution in [0.5, 0.6) is 0 Å². The quantitative estimate of drug-likeness (QED) is 0.799. The van der Waals surface area contributed by atoms with Crippen LogP contribution in [0.1, 0.15) is 33.6 Å². The van der Waals surface area contributed by atoms with Gasteiger partial charge < -0.3 is 20.1 Å². The van der Waals surface area contributed by atoms with Crippen molar-refractivity contribution >= 4 is 6.09 Å². The van der Waals surface area contributed by atoms with Gasteiger partial charge in [0.25, 0.3) is 0 Å². The number of rotatable bonds is 2. The average molecular weight is 270 g/mol. The van der Waals surface area contributed by atoms with Gasteiger partial charge in [0.1, 0.15) is 5.60 Å². The highest BCUT2D eigenvalue weighted by Gasteiger charge is 2.35. The maximum atomic E-state index is 11.9. The maximum Gasteiger partial charge on any atom is 0.407 e. The lowest BCUT2D eigenvalue weighted by Gasteiger charge is -2.36. The molecule has 2 aliphatic heterocycles. The topological polar surface area (TPSA) is 59.6 Å². The van der Waals surface area contributed by atoms with Gasteiger partial charge in [-0.15, -0.1) is 0 Å². The van der Waals surface area contributed by atoms with E-state index in [1.165, 1.54) is 0 Å². The molecule has 2 aliphatic rings. The minimum absolute atomic E-state index is 0.148. The molecular formula is C14H26N2O3. The van der Waals surface area contributed by atoms with Crippen molar-refractivity contribution in [3.63, 3.8) is 0 Å². The van der Waals surface area contributed by atoms with Crippen LogP contribution >= 0.6 is 0 Å². The summed E-state index contributed by atoms with van der Waals surface area (Å²) in [6.07, 6.45) is 1.89. The first-order valence-corrected chi connectivity index (χ1v) is 7.24. The van der Waals surface area contributed by atoms with Gasteiger partial charge in [0, 0.05) is 25.8 Å². The highest BCUT2D eigenvalue weighted by molar-refractivity contribution is 5.68. The fraction of sp³-hybridized carbons (Fsp3) is 0.929. The van der Waals surface area contributed by atoms with Crippen molar-refractivity contribution in [2.45, 2.75) is 45.3 Å². The first-order chi connectivity index (χ1) is 8.96. The predicted octanol–water partition coefficient (Wildman–Crippen LogP) is 1.53. The van der Waals surface area contributed by atoms with E-state index in [1.807, 2.05) is 20.8 Å². The van der Waals surface area contributed by atoms with Gasteiger partial charge in [0.15, 0.2) is 0 Å². The smallest absolute Gasteiger partial charge is 0.407 e. The molecule has 0 spiro atoms. The molecule has 2 rings (SSSR count). The molecule has 3 atom stereocenters. The van der Waals surface area contributed by atoms with Gasteiger partial charge in [-0.25, -0.2) is 4.79 Å². The maximum absolute atomic E-state index is 11.9. The van der Waals surface area contributed by atoms with Crippen LogP contribution < -0.4 is 10.6 Å². The summed E-state index contributed by atoms with van der Waals surface area (Å²) in [7, 11) is 0. The van der Waals surface area contributed by atoms with Gasteiger partial charge in [-0.05, 0) is 52.0 Å². The van der Waals surface area contributed by atoms with E-state index in [0.717, 1.165) is 39.1 Å². The van der Waals surface area contributed by atoms with Crippen molar-refractivity contribution in [1.82, 2.24) is 10.6 Å². The summed E-state index contributed by atoms with van der Waals surface area (Å²) < 4.78 is 10.8. The lowest BCUT2D eigenvalue weighted by molar-refractivity contribution is 0.0450. The van der Waals surface area contributed by atoms with E-state index >= 15 is 0 Å². The van der Waals surface area contributed by atoms with Crippen LogP contribution in [0.4, 0.5) is 4.79 Å². The lowest BCUT2D eigenvalue weighted by Crippen LogP contribution is -2.54. The standard InChI is InChI=1S/C14H26N2O3/c1-14(2,3)19-13(17)16-12-8-15-6-4-11(12)10-5-7-18-9-10/h10-12,15H,4-9H2,1-3H3,(H,16,17). The number of carbonyl (C=O) groups is 1. The van der Waals surface area contributed by atoms with Crippen LogP contribution in [0.15, 0.2) is 0 Å². The van der Waals surface area contributed by atoms with E-state index in [2.05, 4.69) is 10.6 Å². The molecule has 1 amide bonds. The summed E-state index contributed by atoms with van der Waals surface area (Å²) in [5.74, 6) is 1.07. The Balaban J connectivity index is 1.90. The van der Waals surface area contributed by atoms with E-state index in [1.54, 1.807) is 0 Å². The summed E-state index contributed by atoms with van der Waals surface area (Å²) in [6, 6.07) is 0.148. The first-order valence-electron chi connectivity index (χ1n) is 7.24. The third kappa shape index (κ3) is 4.35. The minimum atomic E-state index is -0.446. The lowest BCUT2D eigenvalue weighted by atomic mass is 9.81. The highest BCUT2D eigenvalue weighted by atomic mass is 16.6. The summed E-state index contributed by atoms with van der Waals surface area (Å²) in [5, 5.41) is 6.37. The van der Waals surface area contributed by atoms with Crippen molar-refractivity contribution in [2.24, 2.45) is 11.8 Å². The fourth-order valence-corrected chi connectivity index (χ4v) is 2.95. The monoisotopic (exact) mass is 270 g/mol. The number of ether oxygens (including phenoxy) is 2. The third-order valence-electron chi connectivity index (χ3n) is 3.81. The van der Waals surface area contributed by atoms with Gasteiger partial charge in [0.05, 0.1) is 0 Å². The molecule has 5 nitrogen and oxygen atoms in total. The molecule has 0 aromatic heterocycles. The molecule has 2 heterocycles. The van der Waals surface area contributed by atoms with E-state index < -0.39 is 5.60 Å². The molecule has 2 N–H and O–H groups in total. The van der Waals surface area contributed by atoms with E-state index in [4.69, 9.17) is 9.47 Å². The number of hydrogen-bond acceptors (Lipinski definition) is 4. The van der Waals surface area contributed by atoms with E-state index in [9.17, 15) is 4.79 Å². The molecule has 2 saturated heterocycles. The Morgan fingerprint density at radius 1 is 1.37 bits per heavy atom. The van der Waals surface area contributed by atoms with Crippen molar-refractivity contribution < 1.29 is 14.3 Å². The third-order valence-corrected chi connectivity index (χ3v) is 3.81. The van der Waals surface area contributed by atoms with Gasteiger partial charge in [0.2, 0.25) is 0 Å². The van der Waals surface area contributed by atoms with Crippen LogP contribution in [-0.2, 0) is 9.47 Å². The van der Waals surface area contributed by atoms with Gasteiger partial charge in [-0.1, -0.05) is 0 Å².